The maximum atomic E-state index is 12.2. The molecule has 1 aliphatic heterocycles. The predicted molar refractivity (Wildman–Crippen MR) is 68.4 cm³/mol. The fourth-order valence-corrected chi connectivity index (χ4v) is 2.21. The Morgan fingerprint density at radius 1 is 1.45 bits per heavy atom. The lowest BCUT2D eigenvalue weighted by Crippen LogP contribution is -2.65. The van der Waals surface area contributed by atoms with E-state index in [4.69, 9.17) is 5.11 Å². The summed E-state index contributed by atoms with van der Waals surface area (Å²) in [5.41, 5.74) is -1.57. The largest absolute Gasteiger partial charge is 0.480 e. The first-order chi connectivity index (χ1) is 9.24. The van der Waals surface area contributed by atoms with Gasteiger partial charge in [0.25, 0.3) is 0 Å². The van der Waals surface area contributed by atoms with Gasteiger partial charge < -0.3 is 15.3 Å². The summed E-state index contributed by atoms with van der Waals surface area (Å²) in [4.78, 5) is 47.8. The minimum atomic E-state index is -1.57. The molecule has 1 heterocycles. The molecule has 0 aromatic rings. The van der Waals surface area contributed by atoms with Gasteiger partial charge in [-0.05, 0) is 0 Å². The van der Waals surface area contributed by atoms with Crippen molar-refractivity contribution >= 4 is 24.2 Å². The van der Waals surface area contributed by atoms with Crippen LogP contribution in [0.1, 0.15) is 20.8 Å². The quantitative estimate of drug-likeness (QED) is 0.677. The van der Waals surface area contributed by atoms with E-state index in [1.807, 2.05) is 0 Å². The maximum Gasteiger partial charge on any atom is 0.323 e. The molecule has 8 nitrogen and oxygen atoms in total. The molecule has 2 N–H and O–H groups in total. The summed E-state index contributed by atoms with van der Waals surface area (Å²) in [5, 5.41) is 11.2. The van der Waals surface area contributed by atoms with E-state index in [1.165, 1.54) is 6.92 Å². The number of carbonyl (C=O) groups excluding carboxylic acids is 3. The van der Waals surface area contributed by atoms with Gasteiger partial charge in [-0.15, -0.1) is 0 Å². The van der Waals surface area contributed by atoms with Crippen molar-refractivity contribution < 1.29 is 24.3 Å². The van der Waals surface area contributed by atoms with Crippen LogP contribution in [0, 0.1) is 5.92 Å². The summed E-state index contributed by atoms with van der Waals surface area (Å²) < 4.78 is 0. The van der Waals surface area contributed by atoms with Crippen molar-refractivity contribution in [3.63, 3.8) is 0 Å². The van der Waals surface area contributed by atoms with Crippen LogP contribution in [-0.2, 0) is 14.4 Å². The highest BCUT2D eigenvalue weighted by Crippen LogP contribution is 2.25. The number of nitrogens with zero attached hydrogens (tertiary/aromatic N) is 2. The smallest absolute Gasteiger partial charge is 0.323 e. The number of amides is 3. The molecule has 0 spiro atoms. The Balaban J connectivity index is 3.04. The normalized spacial score (nSPS) is 18.1. The Labute approximate surface area is 116 Å². The molecule has 1 radical (unpaired) electrons. The van der Waals surface area contributed by atoms with Gasteiger partial charge in [-0.1, -0.05) is 13.8 Å². The predicted octanol–water partition coefficient (Wildman–Crippen LogP) is -0.593. The zero-order chi connectivity index (χ0) is 15.5. The van der Waals surface area contributed by atoms with Crippen molar-refractivity contribution in [2.45, 2.75) is 26.4 Å². The van der Waals surface area contributed by atoms with Crippen LogP contribution in [0.3, 0.4) is 0 Å². The van der Waals surface area contributed by atoms with Crippen LogP contribution in [0.5, 0.6) is 0 Å². The zero-order valence-corrected chi connectivity index (χ0v) is 11.7. The first-order valence-corrected chi connectivity index (χ1v) is 6.21. The van der Waals surface area contributed by atoms with E-state index in [1.54, 1.807) is 20.1 Å². The molecule has 1 aliphatic rings. The molecule has 20 heavy (non-hydrogen) atoms. The standard InChI is InChI=1S/C12H18N3O5/c1-8(2)12(7-16,13-9(3)17)15-5-4-14(11(15)20)6-10(18)19/h8H,4-6H2,1-3H3,(H,13,17)(H,18,19)/t12-/m0/s1. The fraction of sp³-hybridized carbons (Fsp3) is 0.667. The Hall–Kier alpha value is -2.12. The highest BCUT2D eigenvalue weighted by Gasteiger charge is 2.48. The molecule has 1 atom stereocenters. The lowest BCUT2D eigenvalue weighted by molar-refractivity contribution is -0.137. The number of hydrogen-bond acceptors (Lipinski definition) is 4. The number of nitrogens with one attached hydrogen (secondary N) is 1. The molecule has 0 aliphatic carbocycles. The highest BCUT2D eigenvalue weighted by molar-refractivity contribution is 5.88. The van der Waals surface area contributed by atoms with Crippen LogP contribution >= 0.6 is 0 Å². The van der Waals surface area contributed by atoms with Crippen molar-refractivity contribution in [1.82, 2.24) is 15.1 Å². The second-order valence-corrected chi connectivity index (χ2v) is 4.95. The van der Waals surface area contributed by atoms with Crippen LogP contribution in [0.4, 0.5) is 4.79 Å². The third kappa shape index (κ3) is 2.89. The van der Waals surface area contributed by atoms with E-state index in [0.29, 0.717) is 0 Å². The molecule has 1 saturated heterocycles. The van der Waals surface area contributed by atoms with Gasteiger partial charge in [0.2, 0.25) is 12.2 Å². The van der Waals surface area contributed by atoms with Gasteiger partial charge in [-0.2, -0.15) is 0 Å². The first kappa shape index (κ1) is 15.9. The molecular weight excluding hydrogens is 266 g/mol. The van der Waals surface area contributed by atoms with Crippen LogP contribution in [0.15, 0.2) is 0 Å². The van der Waals surface area contributed by atoms with Crippen molar-refractivity contribution in [2.75, 3.05) is 19.6 Å². The van der Waals surface area contributed by atoms with Gasteiger partial charge in [0.1, 0.15) is 6.54 Å². The highest BCUT2D eigenvalue weighted by atomic mass is 16.4. The van der Waals surface area contributed by atoms with E-state index in [2.05, 4.69) is 5.32 Å². The Morgan fingerprint density at radius 2 is 2.05 bits per heavy atom. The molecule has 8 heteroatoms. The fourth-order valence-electron chi connectivity index (χ4n) is 2.21. The van der Waals surface area contributed by atoms with Gasteiger partial charge in [0.05, 0.1) is 0 Å². The molecule has 0 unspecified atom stereocenters. The van der Waals surface area contributed by atoms with Crippen molar-refractivity contribution in [3.8, 4) is 0 Å². The zero-order valence-electron chi connectivity index (χ0n) is 11.7. The lowest BCUT2D eigenvalue weighted by Gasteiger charge is -2.39. The average molecular weight is 284 g/mol. The van der Waals surface area contributed by atoms with Crippen molar-refractivity contribution in [3.05, 3.63) is 0 Å². The summed E-state index contributed by atoms with van der Waals surface area (Å²) in [7, 11) is 0. The molecule has 0 bridgehead atoms. The third-order valence-electron chi connectivity index (χ3n) is 3.20. The molecule has 1 fully saturated rings. The first-order valence-electron chi connectivity index (χ1n) is 6.21. The Morgan fingerprint density at radius 3 is 2.45 bits per heavy atom. The molecule has 0 aromatic carbocycles. The van der Waals surface area contributed by atoms with Gasteiger partial charge in [0, 0.05) is 25.9 Å². The van der Waals surface area contributed by atoms with Gasteiger partial charge >= 0.3 is 12.0 Å². The van der Waals surface area contributed by atoms with Gasteiger partial charge in [-0.25, -0.2) is 4.79 Å². The number of hydrogen-bond donors (Lipinski definition) is 2. The molecule has 3 amide bonds. The van der Waals surface area contributed by atoms with Crippen molar-refractivity contribution in [1.29, 1.82) is 0 Å². The average Bonchev–Trinajstić information content (AvgIpc) is 2.67. The lowest BCUT2D eigenvalue weighted by atomic mass is 9.95. The van der Waals surface area contributed by atoms with E-state index in [9.17, 15) is 19.2 Å². The Bertz CT molecular complexity index is 437. The van der Waals surface area contributed by atoms with Crippen LogP contribution in [0.2, 0.25) is 0 Å². The monoisotopic (exact) mass is 284 g/mol. The minimum Gasteiger partial charge on any atom is -0.480 e. The summed E-state index contributed by atoms with van der Waals surface area (Å²) >= 11 is 0. The SMILES string of the molecule is CC(=O)N[C@]([C]=O)(C(C)C)N1CCN(CC(=O)O)C1=O. The van der Waals surface area contributed by atoms with E-state index in [-0.39, 0.29) is 13.1 Å². The molecule has 1 rings (SSSR count). The number of carbonyl (C=O) groups is 3. The number of rotatable bonds is 6. The second kappa shape index (κ2) is 5.89. The van der Waals surface area contributed by atoms with Crippen LogP contribution in [0.25, 0.3) is 0 Å². The van der Waals surface area contributed by atoms with Gasteiger partial charge in [0.15, 0.2) is 5.66 Å². The van der Waals surface area contributed by atoms with Gasteiger partial charge in [-0.3, -0.25) is 19.3 Å². The second-order valence-electron chi connectivity index (χ2n) is 4.95. The van der Waals surface area contributed by atoms with E-state index >= 15 is 0 Å². The molecule has 0 aromatic heterocycles. The van der Waals surface area contributed by atoms with Crippen molar-refractivity contribution in [2.24, 2.45) is 5.92 Å². The maximum absolute atomic E-state index is 12.2. The Kier molecular flexibility index (Phi) is 4.69. The van der Waals surface area contributed by atoms with E-state index in [0.717, 1.165) is 9.80 Å². The number of urea groups is 1. The molecular formula is C12H18N3O5. The van der Waals surface area contributed by atoms with Crippen LogP contribution < -0.4 is 5.32 Å². The summed E-state index contributed by atoms with van der Waals surface area (Å²) in [5.74, 6) is -2.01. The molecule has 0 saturated carbocycles. The summed E-state index contributed by atoms with van der Waals surface area (Å²) in [6.45, 7) is 4.48. The number of carboxylic acid groups (broad SMARTS) is 1. The summed E-state index contributed by atoms with van der Waals surface area (Å²) in [6.07, 6.45) is 1.74. The topological polar surface area (TPSA) is 107 Å². The third-order valence-corrected chi connectivity index (χ3v) is 3.20. The molecule has 111 valence electrons. The summed E-state index contributed by atoms with van der Waals surface area (Å²) in [6, 6.07) is -0.599. The van der Waals surface area contributed by atoms with E-state index < -0.39 is 36.0 Å². The minimum absolute atomic E-state index is 0.153. The number of carboxylic acids is 1. The van der Waals surface area contributed by atoms with Crippen LogP contribution in [-0.4, -0.2) is 64.4 Å². The number of aliphatic carboxylic acids is 1.